The summed E-state index contributed by atoms with van der Waals surface area (Å²) in [6.45, 7) is 1.47. The van der Waals surface area contributed by atoms with E-state index in [0.717, 1.165) is 5.56 Å². The van der Waals surface area contributed by atoms with Crippen LogP contribution in [0.3, 0.4) is 0 Å². The maximum atomic E-state index is 12.0. The van der Waals surface area contributed by atoms with Crippen molar-refractivity contribution >= 4 is 16.1 Å². The molecule has 1 aliphatic heterocycles. The average Bonchev–Trinajstić information content (AvgIpc) is 2.91. The summed E-state index contributed by atoms with van der Waals surface area (Å²) in [5, 5.41) is 0. The molecule has 8 heteroatoms. The molecule has 1 aliphatic rings. The van der Waals surface area contributed by atoms with Crippen molar-refractivity contribution in [3.63, 3.8) is 0 Å². The summed E-state index contributed by atoms with van der Waals surface area (Å²) in [5.41, 5.74) is 0.829. The molecule has 2 rings (SSSR count). The van der Waals surface area contributed by atoms with Gasteiger partial charge in [0.25, 0.3) is 10.2 Å². The molecular formula is C11H17N3O4S. The number of furan rings is 1. The van der Waals surface area contributed by atoms with Crippen molar-refractivity contribution < 1.29 is 17.6 Å². The second-order valence-electron chi connectivity index (χ2n) is 4.30. The zero-order valence-electron chi connectivity index (χ0n) is 10.7. The molecule has 19 heavy (non-hydrogen) atoms. The number of amides is 1. The monoisotopic (exact) mass is 287 g/mol. The van der Waals surface area contributed by atoms with E-state index in [2.05, 4.69) is 4.72 Å². The van der Waals surface area contributed by atoms with E-state index in [1.807, 2.05) is 0 Å². The zero-order chi connectivity index (χ0) is 13.9. The highest BCUT2D eigenvalue weighted by Crippen LogP contribution is 2.09. The predicted octanol–water partition coefficient (Wildman–Crippen LogP) is -0.569. The van der Waals surface area contributed by atoms with Gasteiger partial charge >= 0.3 is 0 Å². The summed E-state index contributed by atoms with van der Waals surface area (Å²) in [6.07, 6.45) is 3.36. The Morgan fingerprint density at radius 2 is 2.05 bits per heavy atom. The van der Waals surface area contributed by atoms with Crippen LogP contribution in [0.15, 0.2) is 23.0 Å². The van der Waals surface area contributed by atoms with Gasteiger partial charge in [-0.1, -0.05) is 0 Å². The molecule has 0 saturated carbocycles. The third kappa shape index (κ3) is 3.34. The zero-order valence-corrected chi connectivity index (χ0v) is 11.5. The number of nitrogens with one attached hydrogen (secondary N) is 1. The van der Waals surface area contributed by atoms with Crippen molar-refractivity contribution in [2.24, 2.45) is 0 Å². The number of nitrogens with zero attached hydrogens (tertiary/aromatic N) is 2. The Morgan fingerprint density at radius 1 is 1.37 bits per heavy atom. The molecule has 7 nitrogen and oxygen atoms in total. The van der Waals surface area contributed by atoms with Gasteiger partial charge in [0.1, 0.15) is 0 Å². The second kappa shape index (κ2) is 5.72. The molecule has 1 aromatic rings. The third-order valence-corrected chi connectivity index (χ3v) is 4.69. The van der Waals surface area contributed by atoms with Crippen LogP contribution in [0.5, 0.6) is 0 Å². The van der Waals surface area contributed by atoms with Crippen LogP contribution in [0.2, 0.25) is 0 Å². The Labute approximate surface area is 112 Å². The summed E-state index contributed by atoms with van der Waals surface area (Å²) in [7, 11) is -2.01. The fourth-order valence-electron chi connectivity index (χ4n) is 1.99. The van der Waals surface area contributed by atoms with Gasteiger partial charge in [-0.15, -0.1) is 0 Å². The Bertz CT molecular complexity index is 518. The molecule has 0 radical (unpaired) electrons. The van der Waals surface area contributed by atoms with Crippen molar-refractivity contribution in [2.45, 2.75) is 6.42 Å². The van der Waals surface area contributed by atoms with E-state index in [9.17, 15) is 13.2 Å². The Balaban J connectivity index is 1.88. The maximum Gasteiger partial charge on any atom is 0.279 e. The highest BCUT2D eigenvalue weighted by molar-refractivity contribution is 7.87. The van der Waals surface area contributed by atoms with E-state index in [-0.39, 0.29) is 12.3 Å². The van der Waals surface area contributed by atoms with E-state index in [1.54, 1.807) is 17.2 Å². The number of carbonyl (C=O) groups is 1. The van der Waals surface area contributed by atoms with Gasteiger partial charge in [0.05, 0.1) is 18.9 Å². The van der Waals surface area contributed by atoms with Gasteiger partial charge in [-0.05, 0) is 11.6 Å². The van der Waals surface area contributed by atoms with Crippen LogP contribution in [0, 0.1) is 0 Å². The molecule has 106 valence electrons. The SMILES string of the molecule is CNS(=O)(=O)N1CCN(C(=O)Cc2ccoc2)CC1. The molecule has 0 bridgehead atoms. The van der Waals surface area contributed by atoms with Crippen LogP contribution in [0.4, 0.5) is 0 Å². The van der Waals surface area contributed by atoms with Crippen LogP contribution < -0.4 is 4.72 Å². The molecule has 1 amide bonds. The summed E-state index contributed by atoms with van der Waals surface area (Å²) < 4.78 is 31.7. The Morgan fingerprint density at radius 3 is 2.58 bits per heavy atom. The van der Waals surface area contributed by atoms with Crippen LogP contribution in [0.25, 0.3) is 0 Å². The molecule has 0 atom stereocenters. The summed E-state index contributed by atoms with van der Waals surface area (Å²) >= 11 is 0. The van der Waals surface area contributed by atoms with E-state index >= 15 is 0 Å². The Kier molecular flexibility index (Phi) is 4.23. The summed E-state index contributed by atoms with van der Waals surface area (Å²) in [6, 6.07) is 1.75. The lowest BCUT2D eigenvalue weighted by Gasteiger charge is -2.33. The molecule has 0 aromatic carbocycles. The van der Waals surface area contributed by atoms with Crippen molar-refractivity contribution in [1.29, 1.82) is 0 Å². The first-order valence-electron chi connectivity index (χ1n) is 6.00. The number of hydrogen-bond donors (Lipinski definition) is 1. The van der Waals surface area contributed by atoms with Crippen molar-refractivity contribution in [2.75, 3.05) is 33.2 Å². The standard InChI is InChI=1S/C11H17N3O4S/c1-12-19(16,17)14-5-3-13(4-6-14)11(15)8-10-2-7-18-9-10/h2,7,9,12H,3-6,8H2,1H3. The minimum atomic E-state index is -3.39. The largest absolute Gasteiger partial charge is 0.472 e. The molecule has 2 heterocycles. The van der Waals surface area contributed by atoms with Gasteiger partial charge in [0, 0.05) is 33.2 Å². The molecular weight excluding hydrogens is 270 g/mol. The first-order valence-corrected chi connectivity index (χ1v) is 7.44. The third-order valence-electron chi connectivity index (χ3n) is 3.12. The summed E-state index contributed by atoms with van der Waals surface area (Å²) in [5.74, 6) is -0.0112. The van der Waals surface area contributed by atoms with Gasteiger partial charge in [-0.2, -0.15) is 12.7 Å². The van der Waals surface area contributed by atoms with Crippen LogP contribution in [0.1, 0.15) is 5.56 Å². The first-order chi connectivity index (χ1) is 9.03. The quantitative estimate of drug-likeness (QED) is 0.804. The molecule has 1 fully saturated rings. The number of rotatable bonds is 4. The molecule has 1 saturated heterocycles. The number of piperazine rings is 1. The lowest BCUT2D eigenvalue weighted by molar-refractivity contribution is -0.131. The molecule has 1 aromatic heterocycles. The lowest BCUT2D eigenvalue weighted by Crippen LogP contribution is -2.53. The van der Waals surface area contributed by atoms with E-state index < -0.39 is 10.2 Å². The van der Waals surface area contributed by atoms with Gasteiger partial charge in [0.15, 0.2) is 0 Å². The molecule has 1 N–H and O–H groups in total. The molecule has 0 unspecified atom stereocenters. The highest BCUT2D eigenvalue weighted by atomic mass is 32.2. The van der Waals surface area contributed by atoms with Gasteiger partial charge in [0.2, 0.25) is 5.91 Å². The lowest BCUT2D eigenvalue weighted by atomic mass is 10.2. The van der Waals surface area contributed by atoms with E-state index in [1.165, 1.54) is 17.6 Å². The van der Waals surface area contributed by atoms with Crippen molar-refractivity contribution in [3.8, 4) is 0 Å². The predicted molar refractivity (Wildman–Crippen MR) is 68.5 cm³/mol. The fraction of sp³-hybridized carbons (Fsp3) is 0.545. The van der Waals surface area contributed by atoms with Gasteiger partial charge in [-0.25, -0.2) is 4.72 Å². The molecule has 0 aliphatic carbocycles. The van der Waals surface area contributed by atoms with Gasteiger partial charge in [-0.3, -0.25) is 4.79 Å². The Hall–Kier alpha value is -1.38. The normalized spacial score (nSPS) is 17.6. The van der Waals surface area contributed by atoms with Gasteiger partial charge < -0.3 is 9.32 Å². The second-order valence-corrected chi connectivity index (χ2v) is 6.17. The topological polar surface area (TPSA) is 82.9 Å². The fourth-order valence-corrected chi connectivity index (χ4v) is 2.89. The first kappa shape index (κ1) is 14.0. The van der Waals surface area contributed by atoms with Crippen LogP contribution >= 0.6 is 0 Å². The van der Waals surface area contributed by atoms with Crippen molar-refractivity contribution in [1.82, 2.24) is 13.9 Å². The smallest absolute Gasteiger partial charge is 0.279 e. The van der Waals surface area contributed by atoms with Crippen LogP contribution in [-0.4, -0.2) is 56.8 Å². The van der Waals surface area contributed by atoms with Crippen molar-refractivity contribution in [3.05, 3.63) is 24.2 Å². The maximum absolute atomic E-state index is 12.0. The summed E-state index contributed by atoms with van der Waals surface area (Å²) in [4.78, 5) is 13.7. The number of carbonyl (C=O) groups excluding carboxylic acids is 1. The minimum Gasteiger partial charge on any atom is -0.472 e. The van der Waals surface area contributed by atoms with E-state index in [0.29, 0.717) is 26.2 Å². The van der Waals surface area contributed by atoms with Crippen LogP contribution in [-0.2, 0) is 21.4 Å². The average molecular weight is 287 g/mol. The van der Waals surface area contributed by atoms with E-state index in [4.69, 9.17) is 4.42 Å². The highest BCUT2D eigenvalue weighted by Gasteiger charge is 2.27. The number of hydrogen-bond acceptors (Lipinski definition) is 4. The minimum absolute atomic E-state index is 0.0112. The molecule has 0 spiro atoms.